The lowest BCUT2D eigenvalue weighted by Crippen LogP contribution is -2.10. The molecule has 1 rings (SSSR count). The summed E-state index contributed by atoms with van der Waals surface area (Å²) in [4.78, 5) is 10.8. The molecule has 94 valence electrons. The monoisotopic (exact) mass is 260 g/mol. The molecule has 2 N–H and O–H groups in total. The van der Waals surface area contributed by atoms with Gasteiger partial charge in [0.25, 0.3) is 10.1 Å². The molecule has 0 amide bonds. The Kier molecular flexibility index (Phi) is 4.47. The van der Waals surface area contributed by atoms with Crippen LogP contribution in [0.25, 0.3) is 0 Å². The van der Waals surface area contributed by atoms with Crippen molar-refractivity contribution in [1.82, 2.24) is 0 Å². The standard InChI is InChI=1S/C10H12O6S/c11-10(12)8-4-1-2-5-9(8)16-6-3-7-17(13,14)15/h1-2,4-5H,3,6-7H2,(H,11,12)(H,13,14,15). The van der Waals surface area contributed by atoms with Crippen molar-refractivity contribution in [3.05, 3.63) is 29.8 Å². The van der Waals surface area contributed by atoms with Gasteiger partial charge in [-0.25, -0.2) is 4.79 Å². The third kappa shape index (κ3) is 4.83. The molecule has 0 saturated heterocycles. The topological polar surface area (TPSA) is 101 Å². The average Bonchev–Trinajstić information content (AvgIpc) is 2.23. The molecule has 0 bridgehead atoms. The van der Waals surface area contributed by atoms with Crippen molar-refractivity contribution in [3.63, 3.8) is 0 Å². The summed E-state index contributed by atoms with van der Waals surface area (Å²) in [5, 5.41) is 8.84. The minimum absolute atomic E-state index is 0.0133. The first-order valence-corrected chi connectivity index (χ1v) is 6.41. The lowest BCUT2D eigenvalue weighted by atomic mass is 10.2. The maximum atomic E-state index is 10.8. The van der Waals surface area contributed by atoms with Crippen LogP contribution < -0.4 is 4.74 Å². The molecule has 0 spiro atoms. The van der Waals surface area contributed by atoms with E-state index < -0.39 is 21.8 Å². The number of aromatic carboxylic acids is 1. The molecule has 0 aliphatic carbocycles. The molecule has 0 aliphatic rings. The lowest BCUT2D eigenvalue weighted by molar-refractivity contribution is 0.0692. The summed E-state index contributed by atoms with van der Waals surface area (Å²) in [5.74, 6) is -1.35. The minimum Gasteiger partial charge on any atom is -0.493 e. The molecule has 0 fully saturated rings. The van der Waals surface area contributed by atoms with Gasteiger partial charge >= 0.3 is 5.97 Å². The van der Waals surface area contributed by atoms with Crippen molar-refractivity contribution in [3.8, 4) is 5.75 Å². The van der Waals surface area contributed by atoms with Crippen LogP contribution in [-0.2, 0) is 10.1 Å². The highest BCUT2D eigenvalue weighted by Crippen LogP contribution is 2.17. The SMILES string of the molecule is O=C(O)c1ccccc1OCCCS(=O)(=O)O. The van der Waals surface area contributed by atoms with Gasteiger partial charge in [-0.2, -0.15) is 8.42 Å². The van der Waals surface area contributed by atoms with E-state index in [1.165, 1.54) is 12.1 Å². The molecule has 17 heavy (non-hydrogen) atoms. The fourth-order valence-electron chi connectivity index (χ4n) is 1.19. The number of carbonyl (C=O) groups is 1. The first-order chi connectivity index (χ1) is 7.90. The van der Waals surface area contributed by atoms with Gasteiger partial charge in [0.2, 0.25) is 0 Å². The molecule has 0 saturated carbocycles. The summed E-state index contributed by atoms with van der Waals surface area (Å²) in [7, 11) is -4.00. The predicted octanol–water partition coefficient (Wildman–Crippen LogP) is 1.04. The Morgan fingerprint density at radius 2 is 1.94 bits per heavy atom. The molecule has 0 unspecified atom stereocenters. The summed E-state index contributed by atoms with van der Waals surface area (Å²) >= 11 is 0. The first-order valence-electron chi connectivity index (χ1n) is 4.80. The second-order valence-electron chi connectivity index (χ2n) is 3.29. The van der Waals surface area contributed by atoms with E-state index in [4.69, 9.17) is 14.4 Å². The van der Waals surface area contributed by atoms with Gasteiger partial charge in [-0.05, 0) is 18.6 Å². The number of ether oxygens (including phenoxy) is 1. The van der Waals surface area contributed by atoms with Gasteiger partial charge in [-0.1, -0.05) is 12.1 Å². The van der Waals surface area contributed by atoms with E-state index in [-0.39, 0.29) is 24.3 Å². The molecule has 7 heteroatoms. The first kappa shape index (κ1) is 13.5. The maximum Gasteiger partial charge on any atom is 0.339 e. The van der Waals surface area contributed by atoms with Crippen LogP contribution in [0.4, 0.5) is 0 Å². The number of para-hydroxylation sites is 1. The highest BCUT2D eigenvalue weighted by Gasteiger charge is 2.10. The van der Waals surface area contributed by atoms with Crippen molar-refractivity contribution >= 4 is 16.1 Å². The molecule has 0 atom stereocenters. The van der Waals surface area contributed by atoms with E-state index in [1.54, 1.807) is 12.1 Å². The van der Waals surface area contributed by atoms with Crippen LogP contribution in [0.5, 0.6) is 5.75 Å². The number of benzene rings is 1. The Morgan fingerprint density at radius 1 is 1.29 bits per heavy atom. The molecular formula is C10H12O6S. The van der Waals surface area contributed by atoms with Crippen LogP contribution in [-0.4, -0.2) is 36.4 Å². The number of rotatable bonds is 6. The summed E-state index contributed by atoms with van der Waals surface area (Å²) < 4.78 is 34.5. The van der Waals surface area contributed by atoms with Gasteiger partial charge in [-0.3, -0.25) is 4.55 Å². The smallest absolute Gasteiger partial charge is 0.339 e. The van der Waals surface area contributed by atoms with E-state index in [0.29, 0.717) is 0 Å². The van der Waals surface area contributed by atoms with Crippen molar-refractivity contribution in [2.75, 3.05) is 12.4 Å². The molecule has 0 heterocycles. The third-order valence-corrected chi connectivity index (χ3v) is 2.73. The van der Waals surface area contributed by atoms with Crippen molar-refractivity contribution < 1.29 is 27.6 Å². The van der Waals surface area contributed by atoms with Crippen molar-refractivity contribution in [1.29, 1.82) is 0 Å². The third-order valence-electron chi connectivity index (χ3n) is 1.92. The molecular weight excluding hydrogens is 248 g/mol. The number of hydrogen-bond donors (Lipinski definition) is 2. The van der Waals surface area contributed by atoms with E-state index >= 15 is 0 Å². The Labute approximate surface area is 98.6 Å². The van der Waals surface area contributed by atoms with Crippen molar-refractivity contribution in [2.45, 2.75) is 6.42 Å². The highest BCUT2D eigenvalue weighted by atomic mass is 32.2. The Balaban J connectivity index is 2.55. The van der Waals surface area contributed by atoms with Gasteiger partial charge in [0.05, 0.1) is 12.4 Å². The van der Waals surface area contributed by atoms with Crippen LogP contribution in [0.3, 0.4) is 0 Å². The Bertz CT molecular complexity index is 493. The van der Waals surface area contributed by atoms with Crippen LogP contribution in [0.15, 0.2) is 24.3 Å². The lowest BCUT2D eigenvalue weighted by Gasteiger charge is -2.07. The number of carboxylic acid groups (broad SMARTS) is 1. The zero-order valence-electron chi connectivity index (χ0n) is 8.87. The van der Waals surface area contributed by atoms with E-state index in [9.17, 15) is 13.2 Å². The Hall–Kier alpha value is -1.60. The maximum absolute atomic E-state index is 10.8. The molecule has 0 radical (unpaired) electrons. The summed E-state index contributed by atoms with van der Waals surface area (Å²) in [6, 6.07) is 6.05. The summed E-state index contributed by atoms with van der Waals surface area (Å²) in [6.07, 6.45) is 0.0901. The second kappa shape index (κ2) is 5.65. The van der Waals surface area contributed by atoms with Crippen LogP contribution in [0.1, 0.15) is 16.8 Å². The van der Waals surface area contributed by atoms with Gasteiger partial charge in [-0.15, -0.1) is 0 Å². The minimum atomic E-state index is -4.00. The van der Waals surface area contributed by atoms with Crippen molar-refractivity contribution in [2.24, 2.45) is 0 Å². The molecule has 1 aromatic carbocycles. The van der Waals surface area contributed by atoms with Gasteiger partial charge in [0.1, 0.15) is 11.3 Å². The predicted molar refractivity (Wildman–Crippen MR) is 59.9 cm³/mol. The number of hydrogen-bond acceptors (Lipinski definition) is 4. The zero-order valence-corrected chi connectivity index (χ0v) is 9.68. The van der Waals surface area contributed by atoms with E-state index in [0.717, 1.165) is 0 Å². The molecule has 6 nitrogen and oxygen atoms in total. The molecule has 0 aliphatic heterocycles. The zero-order chi connectivity index (χ0) is 12.9. The van der Waals surface area contributed by atoms with Crippen LogP contribution in [0.2, 0.25) is 0 Å². The van der Waals surface area contributed by atoms with Gasteiger partial charge < -0.3 is 9.84 Å². The van der Waals surface area contributed by atoms with Crippen LogP contribution in [0, 0.1) is 0 Å². The fourth-order valence-corrected chi connectivity index (χ4v) is 1.68. The summed E-state index contributed by atoms with van der Waals surface area (Å²) in [5.41, 5.74) is 0.0133. The van der Waals surface area contributed by atoms with E-state index in [2.05, 4.69) is 0 Å². The molecule has 1 aromatic rings. The quantitative estimate of drug-likeness (QED) is 0.585. The summed E-state index contributed by atoms with van der Waals surface area (Å²) in [6.45, 7) is 0.0179. The van der Waals surface area contributed by atoms with Gasteiger partial charge in [0.15, 0.2) is 0 Å². The average molecular weight is 260 g/mol. The van der Waals surface area contributed by atoms with Gasteiger partial charge in [0, 0.05) is 0 Å². The normalized spacial score (nSPS) is 11.1. The largest absolute Gasteiger partial charge is 0.493 e. The number of carboxylic acids is 1. The Morgan fingerprint density at radius 3 is 2.53 bits per heavy atom. The highest BCUT2D eigenvalue weighted by molar-refractivity contribution is 7.85. The van der Waals surface area contributed by atoms with E-state index in [1.807, 2.05) is 0 Å². The van der Waals surface area contributed by atoms with Crippen LogP contribution >= 0.6 is 0 Å². The molecule has 0 aromatic heterocycles. The second-order valence-corrected chi connectivity index (χ2v) is 4.86. The fraction of sp³-hybridized carbons (Fsp3) is 0.300.